The molecule has 0 atom stereocenters. The van der Waals surface area contributed by atoms with Crippen LogP contribution in [0.25, 0.3) is 11.0 Å². The van der Waals surface area contributed by atoms with Gasteiger partial charge in [0, 0.05) is 17.0 Å². The van der Waals surface area contributed by atoms with Gasteiger partial charge in [-0.25, -0.2) is 9.59 Å². The SMILES string of the molecule is Cc1cc(=O)oc2c(C)c(OC(=O)c3ccc(OCCCC[Si]C=O)cc3)ccc12. The van der Waals surface area contributed by atoms with Gasteiger partial charge in [-0.05, 0) is 62.2 Å². The van der Waals surface area contributed by atoms with Crippen LogP contribution in [0, 0.1) is 13.8 Å². The summed E-state index contributed by atoms with van der Waals surface area (Å²) >= 11 is 0. The van der Waals surface area contributed by atoms with Crippen LogP contribution < -0.4 is 15.1 Å². The molecule has 2 radical (unpaired) electrons. The van der Waals surface area contributed by atoms with Crippen LogP contribution in [0.4, 0.5) is 0 Å². The third kappa shape index (κ3) is 5.24. The van der Waals surface area contributed by atoms with Crippen molar-refractivity contribution in [2.75, 3.05) is 6.61 Å². The van der Waals surface area contributed by atoms with Gasteiger partial charge in [0.15, 0.2) is 0 Å². The van der Waals surface area contributed by atoms with Crippen molar-refractivity contribution in [1.29, 1.82) is 0 Å². The van der Waals surface area contributed by atoms with Gasteiger partial charge >= 0.3 is 11.6 Å². The summed E-state index contributed by atoms with van der Waals surface area (Å²) in [7, 11) is 0.359. The van der Waals surface area contributed by atoms with E-state index in [1.165, 1.54) is 6.07 Å². The lowest BCUT2D eigenvalue weighted by atomic mass is 10.1. The minimum atomic E-state index is -0.506. The summed E-state index contributed by atoms with van der Waals surface area (Å²) < 4.78 is 16.5. The van der Waals surface area contributed by atoms with Crippen molar-refractivity contribution >= 4 is 32.4 Å². The van der Waals surface area contributed by atoms with Crippen LogP contribution in [0.15, 0.2) is 51.7 Å². The molecule has 1 heterocycles. The number of esters is 1. The molecule has 0 aliphatic rings. The molecule has 0 unspecified atom stereocenters. The van der Waals surface area contributed by atoms with E-state index in [0.717, 1.165) is 35.7 Å². The first-order valence-electron chi connectivity index (χ1n) is 9.65. The molecule has 3 aromatic rings. The van der Waals surface area contributed by atoms with E-state index in [1.54, 1.807) is 43.3 Å². The smallest absolute Gasteiger partial charge is 0.343 e. The fourth-order valence-corrected chi connectivity index (χ4v) is 3.61. The summed E-state index contributed by atoms with van der Waals surface area (Å²) in [6.07, 6.45) is 1.83. The van der Waals surface area contributed by atoms with E-state index in [-0.39, 0.29) is 0 Å². The van der Waals surface area contributed by atoms with Crippen LogP contribution in [0.2, 0.25) is 6.04 Å². The highest BCUT2D eigenvalue weighted by Crippen LogP contribution is 2.28. The zero-order valence-corrected chi connectivity index (χ0v) is 17.9. The summed E-state index contributed by atoms with van der Waals surface area (Å²) in [6, 6.07) is 12.5. The molecule has 7 heteroatoms. The molecule has 0 bridgehead atoms. The second-order valence-electron chi connectivity index (χ2n) is 6.86. The highest BCUT2D eigenvalue weighted by molar-refractivity contribution is 6.66. The zero-order valence-electron chi connectivity index (χ0n) is 16.9. The predicted octanol–water partition coefficient (Wildman–Crippen LogP) is 4.10. The Bertz CT molecular complexity index is 1100. The summed E-state index contributed by atoms with van der Waals surface area (Å²) in [6.45, 7) is 4.15. The van der Waals surface area contributed by atoms with E-state index < -0.39 is 11.6 Å². The van der Waals surface area contributed by atoms with E-state index in [1.807, 2.05) is 6.92 Å². The standard InChI is InChI=1S/C23H22O6Si/c1-15-13-21(25)29-22-16(2)20(10-9-19(15)22)28-23(26)17-5-7-18(8-6-17)27-11-3-4-12-30-14-24/h5-10,13-14H,3-4,11-12H2,1-2H3. The van der Waals surface area contributed by atoms with Gasteiger partial charge in [0.1, 0.15) is 26.6 Å². The van der Waals surface area contributed by atoms with Gasteiger partial charge < -0.3 is 18.7 Å². The maximum Gasteiger partial charge on any atom is 0.343 e. The average molecular weight is 423 g/mol. The fraction of sp³-hybridized carbons (Fsp3) is 0.261. The molecule has 3 rings (SSSR count). The normalized spacial score (nSPS) is 10.7. The topological polar surface area (TPSA) is 82.8 Å². The third-order valence-electron chi connectivity index (χ3n) is 4.68. The van der Waals surface area contributed by atoms with Crippen LogP contribution in [-0.4, -0.2) is 28.0 Å². The van der Waals surface area contributed by atoms with E-state index >= 15 is 0 Å². The molecule has 0 saturated heterocycles. The van der Waals surface area contributed by atoms with Gasteiger partial charge in [-0.3, -0.25) is 0 Å². The van der Waals surface area contributed by atoms with Crippen LogP contribution in [0.3, 0.4) is 0 Å². The van der Waals surface area contributed by atoms with E-state index in [4.69, 9.17) is 13.9 Å². The number of ether oxygens (including phenoxy) is 2. The van der Waals surface area contributed by atoms with Crippen LogP contribution in [-0.2, 0) is 4.79 Å². The number of rotatable bonds is 9. The van der Waals surface area contributed by atoms with Gasteiger partial charge in [-0.2, -0.15) is 0 Å². The molecular weight excluding hydrogens is 400 g/mol. The largest absolute Gasteiger partial charge is 0.494 e. The summed E-state index contributed by atoms with van der Waals surface area (Å²) in [5.41, 5.74) is 1.77. The molecule has 0 fully saturated rings. The molecule has 154 valence electrons. The molecule has 30 heavy (non-hydrogen) atoms. The van der Waals surface area contributed by atoms with Gasteiger partial charge in [0.05, 0.1) is 18.1 Å². The Kier molecular flexibility index (Phi) is 7.19. The van der Waals surface area contributed by atoms with Crippen LogP contribution >= 0.6 is 0 Å². The molecule has 2 aromatic carbocycles. The summed E-state index contributed by atoms with van der Waals surface area (Å²) in [5, 5.41) is 0.806. The molecule has 0 spiro atoms. The van der Waals surface area contributed by atoms with Crippen molar-refractivity contribution in [2.45, 2.75) is 32.7 Å². The summed E-state index contributed by atoms with van der Waals surface area (Å²) in [5.74, 6) is 1.46. The Morgan fingerprint density at radius 1 is 1.10 bits per heavy atom. The minimum absolute atomic E-state index is 0.345. The van der Waals surface area contributed by atoms with Crippen LogP contribution in [0.1, 0.15) is 34.3 Å². The first-order chi connectivity index (χ1) is 14.5. The van der Waals surface area contributed by atoms with Crippen molar-refractivity contribution in [2.24, 2.45) is 0 Å². The second kappa shape index (κ2) is 10.0. The van der Waals surface area contributed by atoms with Crippen molar-refractivity contribution in [1.82, 2.24) is 0 Å². The molecular formula is C23H22O6Si. The van der Waals surface area contributed by atoms with E-state index in [0.29, 0.717) is 44.3 Å². The number of hydrogen-bond donors (Lipinski definition) is 0. The highest BCUT2D eigenvalue weighted by atomic mass is 28.2. The molecule has 6 nitrogen and oxygen atoms in total. The number of carbonyl (C=O) groups excluding carboxylic acids is 2. The number of carbonyl (C=O) groups is 2. The lowest BCUT2D eigenvalue weighted by Gasteiger charge is -2.11. The van der Waals surface area contributed by atoms with Gasteiger partial charge in [-0.15, -0.1) is 0 Å². The zero-order chi connectivity index (χ0) is 21.5. The molecule has 0 saturated carbocycles. The van der Waals surface area contributed by atoms with E-state index in [2.05, 4.69) is 0 Å². The van der Waals surface area contributed by atoms with Gasteiger partial charge in [-0.1, -0.05) is 12.5 Å². The Morgan fingerprint density at radius 3 is 2.60 bits per heavy atom. The average Bonchev–Trinajstić information content (AvgIpc) is 2.73. The third-order valence-corrected chi connectivity index (χ3v) is 5.49. The maximum atomic E-state index is 12.5. The Labute approximate surface area is 176 Å². The second-order valence-corrected chi connectivity index (χ2v) is 8.00. The first-order valence-corrected chi connectivity index (χ1v) is 10.9. The molecule has 0 aliphatic carbocycles. The Morgan fingerprint density at radius 2 is 1.87 bits per heavy atom. The molecule has 0 aliphatic heterocycles. The Hall–Kier alpha value is -3.19. The molecule has 0 amide bonds. The number of hydrogen-bond acceptors (Lipinski definition) is 6. The number of benzene rings is 2. The maximum absolute atomic E-state index is 12.5. The first kappa shape index (κ1) is 21.5. The highest BCUT2D eigenvalue weighted by Gasteiger charge is 2.14. The molecule has 1 aromatic heterocycles. The lowest BCUT2D eigenvalue weighted by Crippen LogP contribution is -2.10. The van der Waals surface area contributed by atoms with Crippen molar-refractivity contribution in [3.8, 4) is 11.5 Å². The van der Waals surface area contributed by atoms with Gasteiger partial charge in [0.25, 0.3) is 0 Å². The summed E-state index contributed by atoms with van der Waals surface area (Å²) in [4.78, 5) is 34.5. The quantitative estimate of drug-likeness (QED) is 0.129. The number of aryl methyl sites for hydroxylation is 2. The van der Waals surface area contributed by atoms with Crippen molar-refractivity contribution in [3.63, 3.8) is 0 Å². The van der Waals surface area contributed by atoms with Crippen molar-refractivity contribution < 1.29 is 23.5 Å². The Balaban J connectivity index is 1.64. The molecule has 0 N–H and O–H groups in total. The monoisotopic (exact) mass is 422 g/mol. The predicted molar refractivity (Wildman–Crippen MR) is 115 cm³/mol. The van der Waals surface area contributed by atoms with Crippen molar-refractivity contribution in [3.05, 3.63) is 69.6 Å². The van der Waals surface area contributed by atoms with Crippen LogP contribution in [0.5, 0.6) is 11.5 Å². The fourth-order valence-electron chi connectivity index (χ4n) is 3.03. The lowest BCUT2D eigenvalue weighted by molar-refractivity contribution is 0.0733. The van der Waals surface area contributed by atoms with E-state index in [9.17, 15) is 14.4 Å². The number of unbranched alkanes of at least 4 members (excludes halogenated alkanes) is 1. The minimum Gasteiger partial charge on any atom is -0.494 e. The van der Waals surface area contributed by atoms with Gasteiger partial charge in [0.2, 0.25) is 0 Å². The number of fused-ring (bicyclic) bond motifs is 1.